The fraction of sp³-hybridized carbons (Fsp3) is 0.692. The summed E-state index contributed by atoms with van der Waals surface area (Å²) in [7, 11) is 0. The average Bonchev–Trinajstić information content (AvgIpc) is 2.74. The number of halogens is 3. The smallest absolute Gasteiger partial charge is 0.380 e. The molecule has 0 aromatic carbocycles. The van der Waals surface area contributed by atoms with E-state index in [1.807, 2.05) is 13.8 Å². The van der Waals surface area contributed by atoms with Gasteiger partial charge in [-0.15, -0.1) is 11.3 Å². The lowest BCUT2D eigenvalue weighted by molar-refractivity contribution is -0.271. The Hall–Kier alpha value is -1.35. The summed E-state index contributed by atoms with van der Waals surface area (Å²) in [6, 6.07) is -0.422. The Labute approximate surface area is 130 Å². The molecule has 9 heteroatoms. The van der Waals surface area contributed by atoms with E-state index >= 15 is 0 Å². The van der Waals surface area contributed by atoms with E-state index in [0.29, 0.717) is 6.54 Å². The molecule has 1 aliphatic rings. The highest BCUT2D eigenvalue weighted by atomic mass is 32.1. The van der Waals surface area contributed by atoms with Crippen molar-refractivity contribution in [1.82, 2.24) is 15.2 Å². The first-order valence-electron chi connectivity index (χ1n) is 6.87. The molecule has 2 amide bonds. The number of carbonyl (C=O) groups is 1. The zero-order chi connectivity index (χ0) is 16.5. The fourth-order valence-electron chi connectivity index (χ4n) is 2.37. The van der Waals surface area contributed by atoms with Crippen LogP contribution in [0, 0.1) is 13.8 Å². The molecular formula is C13H18F3N3O2S. The molecule has 124 valence electrons. The first-order valence-corrected chi connectivity index (χ1v) is 7.69. The first kappa shape index (κ1) is 17.0. The van der Waals surface area contributed by atoms with Gasteiger partial charge in [-0.1, -0.05) is 0 Å². The van der Waals surface area contributed by atoms with Crippen LogP contribution in [0.3, 0.4) is 0 Å². The number of aliphatic hydroxyl groups is 1. The van der Waals surface area contributed by atoms with E-state index in [9.17, 15) is 23.1 Å². The van der Waals surface area contributed by atoms with Crippen LogP contribution in [0.2, 0.25) is 0 Å². The number of amides is 2. The van der Waals surface area contributed by atoms with E-state index in [1.54, 1.807) is 0 Å². The molecule has 0 radical (unpaired) electrons. The molecule has 5 nitrogen and oxygen atoms in total. The van der Waals surface area contributed by atoms with Crippen LogP contribution < -0.4 is 5.32 Å². The number of thiazole rings is 1. The van der Waals surface area contributed by atoms with Crippen molar-refractivity contribution in [3.8, 4) is 0 Å². The summed E-state index contributed by atoms with van der Waals surface area (Å²) in [5.74, 6) is 0. The lowest BCUT2D eigenvalue weighted by atomic mass is 9.91. The second-order valence-electron chi connectivity index (χ2n) is 5.42. The van der Waals surface area contributed by atoms with Crippen molar-refractivity contribution in [2.45, 2.75) is 45.0 Å². The number of nitrogens with one attached hydrogen (secondary N) is 1. The summed E-state index contributed by atoms with van der Waals surface area (Å²) in [5.41, 5.74) is -1.84. The Bertz CT molecular complexity index is 551. The summed E-state index contributed by atoms with van der Waals surface area (Å²) in [4.78, 5) is 18.5. The van der Waals surface area contributed by atoms with Crippen molar-refractivity contribution in [2.24, 2.45) is 0 Å². The summed E-state index contributed by atoms with van der Waals surface area (Å²) < 4.78 is 38.1. The third kappa shape index (κ3) is 3.52. The van der Waals surface area contributed by atoms with Gasteiger partial charge >= 0.3 is 12.2 Å². The Morgan fingerprint density at radius 2 is 2.00 bits per heavy atom. The molecule has 1 aromatic rings. The molecule has 2 heterocycles. The molecule has 0 unspecified atom stereocenters. The molecule has 0 spiro atoms. The number of nitrogens with zero attached hydrogens (tertiary/aromatic N) is 2. The van der Waals surface area contributed by atoms with Gasteiger partial charge in [0.15, 0.2) is 5.60 Å². The predicted octanol–water partition coefficient (Wildman–Crippen LogP) is 2.36. The van der Waals surface area contributed by atoms with Crippen LogP contribution in [0.5, 0.6) is 0 Å². The minimum absolute atomic E-state index is 0.122. The van der Waals surface area contributed by atoms with Gasteiger partial charge in [-0.05, 0) is 13.8 Å². The normalized spacial score (nSPS) is 18.4. The molecular weight excluding hydrogens is 319 g/mol. The third-order valence-corrected chi connectivity index (χ3v) is 4.88. The number of hydrogen-bond acceptors (Lipinski definition) is 4. The lowest BCUT2D eigenvalue weighted by Crippen LogP contribution is -2.55. The number of likely N-dealkylation sites (tertiary alicyclic amines) is 1. The molecule has 22 heavy (non-hydrogen) atoms. The maximum atomic E-state index is 12.7. The number of alkyl halides is 3. The van der Waals surface area contributed by atoms with Crippen LogP contribution >= 0.6 is 11.3 Å². The Morgan fingerprint density at radius 1 is 1.41 bits per heavy atom. The van der Waals surface area contributed by atoms with Gasteiger partial charge in [0, 0.05) is 30.8 Å². The number of carbonyl (C=O) groups excluding carboxylic acids is 1. The van der Waals surface area contributed by atoms with Crippen molar-refractivity contribution in [1.29, 1.82) is 0 Å². The van der Waals surface area contributed by atoms with E-state index in [4.69, 9.17) is 0 Å². The molecule has 0 bridgehead atoms. The van der Waals surface area contributed by atoms with Crippen LogP contribution in [0.25, 0.3) is 0 Å². The van der Waals surface area contributed by atoms with Crippen molar-refractivity contribution in [2.75, 3.05) is 13.1 Å². The first-order chi connectivity index (χ1) is 10.1. The summed E-state index contributed by atoms with van der Waals surface area (Å²) >= 11 is 1.47. The summed E-state index contributed by atoms with van der Waals surface area (Å²) in [6.07, 6.45) is -5.65. The van der Waals surface area contributed by atoms with E-state index in [-0.39, 0.29) is 13.1 Å². The lowest BCUT2D eigenvalue weighted by Gasteiger charge is -2.38. The monoisotopic (exact) mass is 337 g/mol. The number of urea groups is 1. The SMILES string of the molecule is Cc1nc(C)c(CNC(=O)N2CCC(O)(C(F)(F)F)CC2)s1. The number of aryl methyl sites for hydroxylation is 2. The molecule has 2 rings (SSSR count). The number of piperidine rings is 1. The van der Waals surface area contributed by atoms with Crippen LogP contribution in [-0.4, -0.2) is 45.9 Å². The van der Waals surface area contributed by atoms with Crippen molar-refractivity contribution < 1.29 is 23.1 Å². The second kappa shape index (κ2) is 6.04. The summed E-state index contributed by atoms with van der Waals surface area (Å²) in [5, 5.41) is 13.1. The van der Waals surface area contributed by atoms with Gasteiger partial charge in [-0.25, -0.2) is 9.78 Å². The van der Waals surface area contributed by atoms with Gasteiger partial charge in [0.05, 0.1) is 17.2 Å². The molecule has 2 N–H and O–H groups in total. The van der Waals surface area contributed by atoms with Gasteiger partial charge < -0.3 is 15.3 Å². The van der Waals surface area contributed by atoms with Crippen molar-refractivity contribution >= 4 is 17.4 Å². The zero-order valence-corrected chi connectivity index (χ0v) is 13.1. The molecule has 0 saturated carbocycles. The highest BCUT2D eigenvalue weighted by Gasteiger charge is 2.54. The number of rotatable bonds is 2. The van der Waals surface area contributed by atoms with Gasteiger partial charge in [0.2, 0.25) is 0 Å². The largest absolute Gasteiger partial charge is 0.417 e. The zero-order valence-electron chi connectivity index (χ0n) is 12.3. The molecule has 1 saturated heterocycles. The molecule has 0 atom stereocenters. The number of hydrogen-bond donors (Lipinski definition) is 2. The van der Waals surface area contributed by atoms with Crippen molar-refractivity contribution in [3.05, 3.63) is 15.6 Å². The maximum Gasteiger partial charge on any atom is 0.417 e. The van der Waals surface area contributed by atoms with Gasteiger partial charge in [0.25, 0.3) is 0 Å². The molecule has 1 fully saturated rings. The topological polar surface area (TPSA) is 65.5 Å². The van der Waals surface area contributed by atoms with Crippen LogP contribution in [0.15, 0.2) is 0 Å². The van der Waals surface area contributed by atoms with Crippen molar-refractivity contribution in [3.63, 3.8) is 0 Å². The fourth-order valence-corrected chi connectivity index (χ4v) is 3.25. The predicted molar refractivity (Wildman–Crippen MR) is 75.6 cm³/mol. The third-order valence-electron chi connectivity index (χ3n) is 3.81. The Morgan fingerprint density at radius 3 is 2.45 bits per heavy atom. The second-order valence-corrected chi connectivity index (χ2v) is 6.70. The standard InChI is InChI=1S/C13H18F3N3O2S/c1-8-10(22-9(2)18-8)7-17-11(20)19-5-3-12(21,4-6-19)13(14,15)16/h21H,3-7H2,1-2H3,(H,17,20). The van der Waals surface area contributed by atoms with Crippen LogP contribution in [0.4, 0.5) is 18.0 Å². The molecule has 0 aliphatic carbocycles. The van der Waals surface area contributed by atoms with Gasteiger partial charge in [-0.3, -0.25) is 0 Å². The van der Waals surface area contributed by atoms with Crippen LogP contribution in [-0.2, 0) is 6.54 Å². The molecule has 1 aliphatic heterocycles. The molecule has 1 aromatic heterocycles. The summed E-state index contributed by atoms with van der Waals surface area (Å²) in [6.45, 7) is 3.77. The average molecular weight is 337 g/mol. The minimum atomic E-state index is -4.66. The maximum absolute atomic E-state index is 12.7. The highest BCUT2D eigenvalue weighted by molar-refractivity contribution is 7.11. The van der Waals surface area contributed by atoms with E-state index in [2.05, 4.69) is 10.3 Å². The minimum Gasteiger partial charge on any atom is -0.380 e. The van der Waals surface area contributed by atoms with Gasteiger partial charge in [-0.2, -0.15) is 13.2 Å². The van der Waals surface area contributed by atoms with E-state index < -0.39 is 30.7 Å². The van der Waals surface area contributed by atoms with E-state index in [1.165, 1.54) is 16.2 Å². The van der Waals surface area contributed by atoms with E-state index in [0.717, 1.165) is 15.6 Å². The van der Waals surface area contributed by atoms with Gasteiger partial charge in [0.1, 0.15) is 0 Å². The number of aromatic nitrogens is 1. The Balaban J connectivity index is 1.87. The Kier molecular flexibility index (Phi) is 4.67. The quantitative estimate of drug-likeness (QED) is 0.871. The van der Waals surface area contributed by atoms with Crippen LogP contribution in [0.1, 0.15) is 28.4 Å². The highest BCUT2D eigenvalue weighted by Crippen LogP contribution is 2.38.